The summed E-state index contributed by atoms with van der Waals surface area (Å²) >= 11 is 3.47. The Morgan fingerprint density at radius 3 is 2.52 bits per heavy atom. The molecule has 0 aliphatic carbocycles. The average molecular weight is 366 g/mol. The van der Waals surface area contributed by atoms with E-state index in [1.807, 2.05) is 11.8 Å². The van der Waals surface area contributed by atoms with Gasteiger partial charge < -0.3 is 0 Å². The predicted octanol–water partition coefficient (Wildman–Crippen LogP) is 7.01. The second-order valence-corrected chi connectivity index (χ2v) is 8.42. The number of hydrogen-bond donors (Lipinski definition) is 0. The zero-order chi connectivity index (χ0) is 17.6. The van der Waals surface area contributed by atoms with Gasteiger partial charge in [0, 0.05) is 39.6 Å². The van der Waals surface area contributed by atoms with Crippen molar-refractivity contribution in [3.05, 3.63) is 87.9 Å². The molecule has 3 heteroatoms. The van der Waals surface area contributed by atoms with Crippen LogP contribution in [-0.2, 0) is 5.75 Å². The van der Waals surface area contributed by atoms with Crippen LogP contribution < -0.4 is 0 Å². The van der Waals surface area contributed by atoms with E-state index in [-0.39, 0.29) is 5.92 Å². The topological polar surface area (TPSA) is 12.4 Å². The lowest BCUT2D eigenvalue weighted by molar-refractivity contribution is 1.05. The zero-order valence-electron chi connectivity index (χ0n) is 14.9. The lowest BCUT2D eigenvalue weighted by Crippen LogP contribution is -2.04. The van der Waals surface area contributed by atoms with Crippen molar-refractivity contribution in [2.24, 2.45) is 4.40 Å². The average Bonchev–Trinajstić information content (AvgIpc) is 2.78. The van der Waals surface area contributed by atoms with E-state index in [2.05, 4.69) is 87.7 Å². The van der Waals surface area contributed by atoms with Gasteiger partial charge in [0.25, 0.3) is 0 Å². The van der Waals surface area contributed by atoms with Crippen LogP contribution in [0.5, 0.6) is 0 Å². The Kier molecular flexibility index (Phi) is 6.22. The van der Waals surface area contributed by atoms with E-state index in [4.69, 9.17) is 4.40 Å². The van der Waals surface area contributed by atoms with Crippen LogP contribution >= 0.6 is 23.7 Å². The molecule has 0 bridgehead atoms. The Labute approximate surface area is 159 Å². The second-order valence-electron chi connectivity index (χ2n) is 6.37. The van der Waals surface area contributed by atoms with Crippen LogP contribution in [0.4, 0.5) is 0 Å². The maximum absolute atomic E-state index is 4.70. The first-order valence-corrected chi connectivity index (χ1v) is 10.2. The third kappa shape index (κ3) is 4.68. The van der Waals surface area contributed by atoms with Crippen molar-refractivity contribution in [1.82, 2.24) is 0 Å². The molecule has 2 aromatic rings. The highest BCUT2D eigenvalue weighted by Gasteiger charge is 2.22. The van der Waals surface area contributed by atoms with Crippen molar-refractivity contribution in [2.75, 3.05) is 0 Å². The highest BCUT2D eigenvalue weighted by molar-refractivity contribution is 8.01. The summed E-state index contributed by atoms with van der Waals surface area (Å²) in [6.45, 7) is 6.32. The molecule has 128 valence electrons. The molecule has 0 radical (unpaired) electrons. The number of fused-ring (bicyclic) bond motifs is 2. The lowest BCUT2D eigenvalue weighted by atomic mass is 9.89. The van der Waals surface area contributed by atoms with Gasteiger partial charge in [-0.25, -0.2) is 4.40 Å². The number of thioether (sulfide) groups is 1. The van der Waals surface area contributed by atoms with Crippen LogP contribution in [0.3, 0.4) is 0 Å². The molecule has 1 nitrogen and oxygen atoms in total. The fraction of sp³-hybridized carbons (Fsp3) is 0.227. The van der Waals surface area contributed by atoms with Gasteiger partial charge in [0.05, 0.1) is 0 Å². The summed E-state index contributed by atoms with van der Waals surface area (Å²) in [6.07, 6.45) is 6.36. The second kappa shape index (κ2) is 8.59. The number of benzene rings is 2. The molecular weight excluding hydrogens is 342 g/mol. The van der Waals surface area contributed by atoms with Crippen molar-refractivity contribution in [1.29, 1.82) is 0 Å². The summed E-state index contributed by atoms with van der Waals surface area (Å²) < 4.78 is 4.70. The molecular formula is C22H23NS2. The van der Waals surface area contributed by atoms with E-state index in [9.17, 15) is 0 Å². The molecule has 1 unspecified atom stereocenters. The van der Waals surface area contributed by atoms with Gasteiger partial charge >= 0.3 is 0 Å². The van der Waals surface area contributed by atoms with Gasteiger partial charge in [-0.1, -0.05) is 60.2 Å². The Balaban J connectivity index is 1.91. The van der Waals surface area contributed by atoms with Gasteiger partial charge in [-0.3, -0.25) is 0 Å². The molecule has 0 fully saturated rings. The first kappa shape index (κ1) is 18.1. The first-order valence-electron chi connectivity index (χ1n) is 8.47. The summed E-state index contributed by atoms with van der Waals surface area (Å²) in [7, 11) is 0. The zero-order valence-corrected chi connectivity index (χ0v) is 16.5. The first-order chi connectivity index (χ1) is 12.1. The Morgan fingerprint density at radius 2 is 1.72 bits per heavy atom. The SMILES string of the molecule is CC(C)=C/C=C(\C)S/N=C/C1c2ccccc2CSc2ccccc21. The molecule has 25 heavy (non-hydrogen) atoms. The van der Waals surface area contributed by atoms with Crippen LogP contribution in [0.25, 0.3) is 0 Å². The summed E-state index contributed by atoms with van der Waals surface area (Å²) in [5.74, 6) is 1.23. The van der Waals surface area contributed by atoms with Crippen LogP contribution in [0, 0.1) is 0 Å². The minimum Gasteiger partial charge on any atom is -0.223 e. The summed E-state index contributed by atoms with van der Waals surface area (Å²) in [5.41, 5.74) is 5.43. The van der Waals surface area contributed by atoms with Crippen molar-refractivity contribution in [3.8, 4) is 0 Å². The standard InChI is InChI=1S/C22H23NS2/c1-16(2)12-13-17(3)25-23-14-21-19-9-5-4-8-18(19)15-24-22-11-7-6-10-20(21)22/h4-14,21H,15H2,1-3H3/b17-13+,23-14+. The molecule has 1 aliphatic heterocycles. The van der Waals surface area contributed by atoms with Gasteiger partial charge in [-0.15, -0.1) is 11.8 Å². The van der Waals surface area contributed by atoms with E-state index in [0.717, 1.165) is 5.75 Å². The number of rotatable bonds is 4. The quantitative estimate of drug-likeness (QED) is 0.328. The van der Waals surface area contributed by atoms with Crippen LogP contribution in [-0.4, -0.2) is 6.21 Å². The molecule has 0 saturated carbocycles. The van der Waals surface area contributed by atoms with E-state index in [1.54, 1.807) is 11.9 Å². The summed E-state index contributed by atoms with van der Waals surface area (Å²) in [4.78, 5) is 2.55. The fourth-order valence-corrected chi connectivity index (χ4v) is 4.40. The van der Waals surface area contributed by atoms with E-state index in [1.165, 1.54) is 32.1 Å². The number of nitrogens with zero attached hydrogens (tertiary/aromatic N) is 1. The van der Waals surface area contributed by atoms with Crippen LogP contribution in [0.2, 0.25) is 0 Å². The highest BCUT2D eigenvalue weighted by atomic mass is 32.2. The fourth-order valence-electron chi connectivity index (χ4n) is 2.81. The van der Waals surface area contributed by atoms with Crippen molar-refractivity contribution >= 4 is 29.9 Å². The molecule has 1 heterocycles. The molecule has 1 aliphatic rings. The molecule has 1 atom stereocenters. The third-order valence-corrected chi connectivity index (χ3v) is 5.87. The number of hydrogen-bond acceptors (Lipinski definition) is 3. The van der Waals surface area contributed by atoms with Crippen LogP contribution in [0.1, 0.15) is 43.4 Å². The van der Waals surface area contributed by atoms with Crippen molar-refractivity contribution in [3.63, 3.8) is 0 Å². The minimum absolute atomic E-state index is 0.214. The van der Waals surface area contributed by atoms with E-state index in [0.29, 0.717) is 0 Å². The lowest BCUT2D eigenvalue weighted by Gasteiger charge is -2.15. The third-order valence-electron chi connectivity index (χ3n) is 4.09. The van der Waals surface area contributed by atoms with Gasteiger partial charge in [-0.2, -0.15) is 0 Å². The maximum atomic E-state index is 4.70. The van der Waals surface area contributed by atoms with E-state index >= 15 is 0 Å². The predicted molar refractivity (Wildman–Crippen MR) is 114 cm³/mol. The molecule has 0 spiro atoms. The van der Waals surface area contributed by atoms with E-state index < -0.39 is 0 Å². The normalized spacial score (nSPS) is 16.9. The van der Waals surface area contributed by atoms with Gasteiger partial charge in [0.15, 0.2) is 0 Å². The maximum Gasteiger partial charge on any atom is 0.0464 e. The van der Waals surface area contributed by atoms with Crippen LogP contribution in [0.15, 0.2) is 80.5 Å². The smallest absolute Gasteiger partial charge is 0.0464 e. The highest BCUT2D eigenvalue weighted by Crippen LogP contribution is 2.39. The summed E-state index contributed by atoms with van der Waals surface area (Å²) in [5, 5.41) is 0. The minimum atomic E-state index is 0.214. The van der Waals surface area contributed by atoms with Gasteiger partial charge in [-0.05, 0) is 43.5 Å². The van der Waals surface area contributed by atoms with Crippen molar-refractivity contribution < 1.29 is 0 Å². The summed E-state index contributed by atoms with van der Waals surface area (Å²) in [6, 6.07) is 17.4. The molecule has 0 aromatic heterocycles. The van der Waals surface area contributed by atoms with Gasteiger partial charge in [0.2, 0.25) is 0 Å². The Hall–Kier alpha value is -1.71. The van der Waals surface area contributed by atoms with Crippen molar-refractivity contribution in [2.45, 2.75) is 37.3 Å². The molecule has 2 aromatic carbocycles. The number of allylic oxidation sites excluding steroid dienone is 4. The van der Waals surface area contributed by atoms with Gasteiger partial charge in [0.1, 0.15) is 0 Å². The monoisotopic (exact) mass is 365 g/mol. The Morgan fingerprint density at radius 1 is 1.00 bits per heavy atom. The molecule has 0 N–H and O–H groups in total. The molecule has 0 amide bonds. The molecule has 3 rings (SSSR count). The molecule has 0 saturated heterocycles. The Bertz CT molecular complexity index is 782. The largest absolute Gasteiger partial charge is 0.223 e.